The molecule has 2 amide bonds. The van der Waals surface area contributed by atoms with Gasteiger partial charge in [0, 0.05) is 12.1 Å². The first-order valence-electron chi connectivity index (χ1n) is 9.29. The molecule has 0 aromatic rings. The minimum absolute atomic E-state index is 0.0116. The van der Waals surface area contributed by atoms with Crippen molar-refractivity contribution in [3.8, 4) is 0 Å². The second kappa shape index (κ2) is 6.51. The number of carbonyl (C=O) groups excluding carboxylic acids is 2. The number of nitrogens with two attached hydrogens (primary N) is 1. The number of amides is 2. The predicted octanol–water partition coefficient (Wildman–Crippen LogP) is -0.0847. The zero-order valence-corrected chi connectivity index (χ0v) is 14.6. The van der Waals surface area contributed by atoms with Gasteiger partial charge in [0.2, 0.25) is 5.91 Å². The third-order valence-electron chi connectivity index (χ3n) is 5.89. The van der Waals surface area contributed by atoms with E-state index in [0.717, 1.165) is 25.8 Å². The molecule has 26 heavy (non-hydrogen) atoms. The van der Waals surface area contributed by atoms with E-state index >= 15 is 0 Å². The van der Waals surface area contributed by atoms with Gasteiger partial charge in [-0.15, -0.1) is 0 Å². The number of allylic oxidation sites excluding steroid dienone is 2. The highest BCUT2D eigenvalue weighted by Gasteiger charge is 2.50. The number of carbonyl (C=O) groups is 3. The van der Waals surface area contributed by atoms with Crippen molar-refractivity contribution in [2.45, 2.75) is 56.8 Å². The summed E-state index contributed by atoms with van der Waals surface area (Å²) in [4.78, 5) is 39.7. The fourth-order valence-electron chi connectivity index (χ4n) is 4.48. The van der Waals surface area contributed by atoms with Crippen molar-refractivity contribution in [3.05, 3.63) is 22.9 Å². The quantitative estimate of drug-likeness (QED) is 0.479. The van der Waals surface area contributed by atoms with Gasteiger partial charge in [-0.2, -0.15) is 0 Å². The number of fused-ring (bicyclic) bond motifs is 1. The summed E-state index contributed by atoms with van der Waals surface area (Å²) in [7, 11) is 0. The molecule has 0 radical (unpaired) electrons. The number of aliphatic carboxylic acids is 1. The minimum atomic E-state index is -1.14. The lowest BCUT2D eigenvalue weighted by atomic mass is 9.83. The van der Waals surface area contributed by atoms with E-state index < -0.39 is 12.0 Å². The van der Waals surface area contributed by atoms with Gasteiger partial charge in [0.25, 0.3) is 5.91 Å². The Balaban J connectivity index is 1.59. The molecule has 1 unspecified atom stereocenters. The van der Waals surface area contributed by atoms with Gasteiger partial charge in [-0.1, -0.05) is 0 Å². The standard InChI is InChI=1S/C18H24N4O4/c19-14-12-5-4-10(15(18(25)26)22(12)17(14)24)9-11-6-8-21(16(11)23)13-3-1-2-7-20-13/h9,12-14,20H,1-8,19H2,(H,25,26)/t12-,13?,14+/m1/s1. The van der Waals surface area contributed by atoms with Crippen molar-refractivity contribution < 1.29 is 19.5 Å². The Morgan fingerprint density at radius 2 is 2.04 bits per heavy atom. The molecular formula is C18H24N4O4. The Morgan fingerprint density at radius 3 is 2.73 bits per heavy atom. The van der Waals surface area contributed by atoms with Crippen molar-refractivity contribution in [1.82, 2.24) is 15.1 Å². The average Bonchev–Trinajstić information content (AvgIpc) is 3.01. The maximum atomic E-state index is 12.8. The summed E-state index contributed by atoms with van der Waals surface area (Å²) in [6.45, 7) is 1.56. The highest BCUT2D eigenvalue weighted by Crippen LogP contribution is 2.37. The Morgan fingerprint density at radius 1 is 1.23 bits per heavy atom. The summed E-state index contributed by atoms with van der Waals surface area (Å²) in [5, 5.41) is 13.0. The number of nitrogens with one attached hydrogen (secondary N) is 1. The van der Waals surface area contributed by atoms with E-state index in [1.807, 2.05) is 4.90 Å². The largest absolute Gasteiger partial charge is 0.477 e. The van der Waals surface area contributed by atoms with Crippen LogP contribution in [0.3, 0.4) is 0 Å². The van der Waals surface area contributed by atoms with Crippen molar-refractivity contribution >= 4 is 17.8 Å². The first-order chi connectivity index (χ1) is 12.5. The topological polar surface area (TPSA) is 116 Å². The van der Waals surface area contributed by atoms with Crippen LogP contribution in [-0.4, -0.2) is 64.0 Å². The molecule has 3 saturated heterocycles. The Labute approximate surface area is 151 Å². The van der Waals surface area contributed by atoms with Gasteiger partial charge in [-0.25, -0.2) is 4.79 Å². The highest BCUT2D eigenvalue weighted by atomic mass is 16.4. The van der Waals surface area contributed by atoms with Gasteiger partial charge in [0.1, 0.15) is 11.7 Å². The number of rotatable bonds is 3. The van der Waals surface area contributed by atoms with Crippen LogP contribution >= 0.6 is 0 Å². The number of hydrogen-bond donors (Lipinski definition) is 3. The molecule has 4 rings (SSSR count). The van der Waals surface area contributed by atoms with Gasteiger partial charge in [0.05, 0.1) is 12.2 Å². The van der Waals surface area contributed by atoms with Crippen LogP contribution in [0.5, 0.6) is 0 Å². The van der Waals surface area contributed by atoms with Crippen molar-refractivity contribution in [3.63, 3.8) is 0 Å². The Hall–Kier alpha value is -2.19. The monoisotopic (exact) mass is 360 g/mol. The van der Waals surface area contributed by atoms with Gasteiger partial charge < -0.3 is 15.7 Å². The number of piperidine rings is 1. The first kappa shape index (κ1) is 17.2. The molecule has 0 aromatic heterocycles. The zero-order valence-electron chi connectivity index (χ0n) is 14.6. The Bertz CT molecular complexity index is 723. The smallest absolute Gasteiger partial charge is 0.352 e. The van der Waals surface area contributed by atoms with Crippen molar-refractivity contribution in [2.24, 2.45) is 5.73 Å². The number of β-lactam (4-membered cyclic amide) rings is 1. The van der Waals surface area contributed by atoms with Gasteiger partial charge in [-0.05, 0) is 56.7 Å². The van der Waals surface area contributed by atoms with Crippen LogP contribution in [-0.2, 0) is 14.4 Å². The fraction of sp³-hybridized carbons (Fsp3) is 0.611. The van der Waals surface area contributed by atoms with E-state index in [9.17, 15) is 19.5 Å². The SMILES string of the molecule is N[C@@H]1C(=O)N2C(C(=O)O)=C(C=C3CCN(C4CCCCN4)C3=O)CC[C@H]12. The normalized spacial score (nSPS) is 33.6. The number of likely N-dealkylation sites (tertiary alicyclic amines) is 1. The Kier molecular flexibility index (Phi) is 4.32. The lowest BCUT2D eigenvalue weighted by Gasteiger charge is -2.48. The fourth-order valence-corrected chi connectivity index (χ4v) is 4.48. The van der Waals surface area contributed by atoms with E-state index in [2.05, 4.69) is 5.32 Å². The predicted molar refractivity (Wildman–Crippen MR) is 92.6 cm³/mol. The van der Waals surface area contributed by atoms with E-state index in [4.69, 9.17) is 5.73 Å². The summed E-state index contributed by atoms with van der Waals surface area (Å²) in [6, 6.07) is -0.850. The second-order valence-corrected chi connectivity index (χ2v) is 7.40. The lowest BCUT2D eigenvalue weighted by Crippen LogP contribution is -2.69. The molecule has 3 fully saturated rings. The summed E-state index contributed by atoms with van der Waals surface area (Å²) >= 11 is 0. The van der Waals surface area contributed by atoms with Gasteiger partial charge in [-0.3, -0.25) is 19.8 Å². The molecule has 0 spiro atoms. The van der Waals surface area contributed by atoms with E-state index in [1.54, 1.807) is 6.08 Å². The van der Waals surface area contributed by atoms with Gasteiger partial charge >= 0.3 is 5.97 Å². The highest BCUT2D eigenvalue weighted by molar-refractivity contribution is 6.01. The number of carboxylic acids is 1. The molecule has 4 heterocycles. The van der Waals surface area contributed by atoms with Crippen LogP contribution in [0.4, 0.5) is 0 Å². The van der Waals surface area contributed by atoms with E-state index in [-0.39, 0.29) is 29.7 Å². The molecule has 0 bridgehead atoms. The summed E-state index contributed by atoms with van der Waals surface area (Å²) in [5.74, 6) is -1.53. The molecule has 4 aliphatic rings. The molecule has 140 valence electrons. The summed E-state index contributed by atoms with van der Waals surface area (Å²) in [5.41, 5.74) is 6.95. The molecule has 4 N–H and O–H groups in total. The molecule has 8 nitrogen and oxygen atoms in total. The third-order valence-corrected chi connectivity index (χ3v) is 5.89. The molecule has 0 saturated carbocycles. The molecule has 0 aliphatic carbocycles. The van der Waals surface area contributed by atoms with E-state index in [0.29, 0.717) is 37.0 Å². The van der Waals surface area contributed by atoms with Crippen LogP contribution in [0.25, 0.3) is 0 Å². The maximum Gasteiger partial charge on any atom is 0.352 e. The molecule has 4 aliphatic heterocycles. The summed E-state index contributed by atoms with van der Waals surface area (Å²) in [6.07, 6.45) is 6.70. The number of hydrogen-bond acceptors (Lipinski definition) is 5. The molecule has 8 heteroatoms. The van der Waals surface area contributed by atoms with Crippen molar-refractivity contribution in [2.75, 3.05) is 13.1 Å². The first-order valence-corrected chi connectivity index (χ1v) is 9.29. The van der Waals surface area contributed by atoms with Crippen LogP contribution < -0.4 is 11.1 Å². The molecule has 3 atom stereocenters. The van der Waals surface area contributed by atoms with Crippen molar-refractivity contribution in [1.29, 1.82) is 0 Å². The van der Waals surface area contributed by atoms with Crippen LogP contribution in [0, 0.1) is 0 Å². The molecular weight excluding hydrogens is 336 g/mol. The second-order valence-electron chi connectivity index (χ2n) is 7.40. The van der Waals surface area contributed by atoms with E-state index in [1.165, 1.54) is 4.90 Å². The minimum Gasteiger partial charge on any atom is -0.477 e. The van der Waals surface area contributed by atoms with Gasteiger partial charge in [0.15, 0.2) is 0 Å². The number of nitrogens with zero attached hydrogens (tertiary/aromatic N) is 2. The maximum absolute atomic E-state index is 12.8. The van der Waals surface area contributed by atoms with Crippen LogP contribution in [0.1, 0.15) is 38.5 Å². The van der Waals surface area contributed by atoms with Crippen LogP contribution in [0.2, 0.25) is 0 Å². The number of carboxylic acid groups (broad SMARTS) is 1. The molecule has 0 aromatic carbocycles. The average molecular weight is 360 g/mol. The summed E-state index contributed by atoms with van der Waals surface area (Å²) < 4.78 is 0. The third kappa shape index (κ3) is 2.64. The van der Waals surface area contributed by atoms with Crippen LogP contribution in [0.15, 0.2) is 22.9 Å². The zero-order chi connectivity index (χ0) is 18.4. The lowest BCUT2D eigenvalue weighted by molar-refractivity contribution is -0.152.